The van der Waals surface area contributed by atoms with Gasteiger partial charge in [-0.15, -0.1) is 6.58 Å². The number of aliphatic hydroxyl groups is 1. The Morgan fingerprint density at radius 2 is 2.06 bits per heavy atom. The molecule has 0 aromatic heterocycles. The van der Waals surface area contributed by atoms with Gasteiger partial charge in [-0.3, -0.25) is 0 Å². The smallest absolute Gasteiger partial charge is 0.324 e. The van der Waals surface area contributed by atoms with Gasteiger partial charge in [-0.25, -0.2) is 0 Å². The van der Waals surface area contributed by atoms with Crippen molar-refractivity contribution in [2.24, 2.45) is 0 Å². The first-order valence-corrected chi connectivity index (χ1v) is 5.41. The van der Waals surface area contributed by atoms with Gasteiger partial charge in [-0.05, 0) is 25.5 Å². The largest absolute Gasteiger partial charge is 0.439 e. The zero-order valence-electron chi connectivity index (χ0n) is 9.56. The van der Waals surface area contributed by atoms with Gasteiger partial charge >= 0.3 is 5.97 Å². The Labute approximate surface area is 96.3 Å². The van der Waals surface area contributed by atoms with Crippen LogP contribution in [0.4, 0.5) is 0 Å². The Bertz CT molecular complexity index is 310. The predicted octanol–water partition coefficient (Wildman–Crippen LogP) is 2.71. The Hall–Kier alpha value is -1.32. The lowest BCUT2D eigenvalue weighted by Gasteiger charge is -2.27. The molecule has 0 aliphatic heterocycles. The van der Waals surface area contributed by atoms with Crippen LogP contribution in [0.15, 0.2) is 43.0 Å². The average Bonchev–Trinajstić information content (AvgIpc) is 2.28. The summed E-state index contributed by atoms with van der Waals surface area (Å²) in [6.07, 6.45) is 2.71. The SMILES string of the molecule is C=CCCC(O)(OCC)Oc1ccccc1. The number of allylic oxidation sites excluding steroid dienone is 1. The molecule has 1 aromatic carbocycles. The zero-order chi connectivity index (χ0) is 11.9. The molecule has 1 rings (SSSR count). The van der Waals surface area contributed by atoms with Crippen LogP contribution in [0.1, 0.15) is 19.8 Å². The maximum atomic E-state index is 10.1. The molecule has 3 nitrogen and oxygen atoms in total. The van der Waals surface area contributed by atoms with Crippen LogP contribution in [0.5, 0.6) is 5.75 Å². The number of benzene rings is 1. The van der Waals surface area contributed by atoms with Crippen molar-refractivity contribution >= 4 is 0 Å². The van der Waals surface area contributed by atoms with E-state index in [0.29, 0.717) is 25.2 Å². The predicted molar refractivity (Wildman–Crippen MR) is 63.1 cm³/mol. The normalized spacial score (nSPS) is 14.1. The molecule has 0 aliphatic rings. The molecule has 0 saturated carbocycles. The maximum Gasteiger partial charge on any atom is 0.324 e. The lowest BCUT2D eigenvalue weighted by atomic mass is 10.2. The van der Waals surface area contributed by atoms with Crippen LogP contribution in [0, 0.1) is 0 Å². The molecular formula is C13H18O3. The molecule has 1 atom stereocenters. The first-order valence-electron chi connectivity index (χ1n) is 5.41. The monoisotopic (exact) mass is 222 g/mol. The molecule has 0 radical (unpaired) electrons. The molecule has 0 heterocycles. The first-order chi connectivity index (χ1) is 7.70. The first kappa shape index (κ1) is 12.7. The average molecular weight is 222 g/mol. The summed E-state index contributed by atoms with van der Waals surface area (Å²) in [4.78, 5) is 0. The second-order valence-electron chi connectivity index (χ2n) is 3.39. The third-order valence-electron chi connectivity index (χ3n) is 2.05. The number of rotatable bonds is 7. The quantitative estimate of drug-likeness (QED) is 0.569. The molecule has 0 amide bonds. The van der Waals surface area contributed by atoms with E-state index >= 15 is 0 Å². The summed E-state index contributed by atoms with van der Waals surface area (Å²) in [6.45, 7) is 5.81. The highest BCUT2D eigenvalue weighted by atomic mass is 16.8. The maximum absolute atomic E-state index is 10.1. The van der Waals surface area contributed by atoms with Crippen LogP contribution in [-0.2, 0) is 4.74 Å². The summed E-state index contributed by atoms with van der Waals surface area (Å²) in [6, 6.07) is 9.12. The van der Waals surface area contributed by atoms with E-state index in [4.69, 9.17) is 9.47 Å². The lowest BCUT2D eigenvalue weighted by molar-refractivity contribution is -0.320. The number of hydrogen-bond donors (Lipinski definition) is 1. The highest BCUT2D eigenvalue weighted by molar-refractivity contribution is 5.21. The third kappa shape index (κ3) is 4.04. The minimum absolute atomic E-state index is 0.360. The number of para-hydroxylation sites is 1. The fraction of sp³-hybridized carbons (Fsp3) is 0.385. The van der Waals surface area contributed by atoms with E-state index < -0.39 is 5.97 Å². The summed E-state index contributed by atoms with van der Waals surface area (Å²) < 4.78 is 10.7. The summed E-state index contributed by atoms with van der Waals surface area (Å²) >= 11 is 0. The van der Waals surface area contributed by atoms with E-state index in [1.54, 1.807) is 18.2 Å². The fourth-order valence-electron chi connectivity index (χ4n) is 1.34. The minimum Gasteiger partial charge on any atom is -0.439 e. The molecule has 3 heteroatoms. The summed E-state index contributed by atoms with van der Waals surface area (Å²) in [5, 5.41) is 10.1. The van der Waals surface area contributed by atoms with Gasteiger partial charge in [-0.1, -0.05) is 24.3 Å². The highest BCUT2D eigenvalue weighted by Gasteiger charge is 2.29. The minimum atomic E-state index is -1.57. The molecule has 0 saturated heterocycles. The van der Waals surface area contributed by atoms with Crippen LogP contribution in [0.2, 0.25) is 0 Å². The molecule has 88 valence electrons. The van der Waals surface area contributed by atoms with Gasteiger partial charge < -0.3 is 14.6 Å². The van der Waals surface area contributed by atoms with Gasteiger partial charge in [0.25, 0.3) is 0 Å². The zero-order valence-corrected chi connectivity index (χ0v) is 9.56. The van der Waals surface area contributed by atoms with Crippen molar-refractivity contribution < 1.29 is 14.6 Å². The standard InChI is InChI=1S/C13H18O3/c1-3-5-11-13(14,15-4-2)16-12-9-7-6-8-10-12/h3,6-10,14H,1,4-5,11H2,2H3. The van der Waals surface area contributed by atoms with E-state index in [2.05, 4.69) is 6.58 Å². The van der Waals surface area contributed by atoms with Gasteiger partial charge in [0.2, 0.25) is 0 Å². The number of hydrogen-bond acceptors (Lipinski definition) is 3. The Morgan fingerprint density at radius 1 is 1.38 bits per heavy atom. The van der Waals surface area contributed by atoms with E-state index in [0.717, 1.165) is 0 Å². The van der Waals surface area contributed by atoms with Crippen molar-refractivity contribution in [1.29, 1.82) is 0 Å². The summed E-state index contributed by atoms with van der Waals surface area (Å²) in [7, 11) is 0. The van der Waals surface area contributed by atoms with Crippen molar-refractivity contribution in [1.82, 2.24) is 0 Å². The summed E-state index contributed by atoms with van der Waals surface area (Å²) in [5.41, 5.74) is 0. The van der Waals surface area contributed by atoms with Crippen molar-refractivity contribution in [3.63, 3.8) is 0 Å². The molecule has 16 heavy (non-hydrogen) atoms. The van der Waals surface area contributed by atoms with Crippen molar-refractivity contribution in [2.75, 3.05) is 6.61 Å². The molecule has 0 aliphatic carbocycles. The molecule has 1 unspecified atom stereocenters. The third-order valence-corrected chi connectivity index (χ3v) is 2.05. The van der Waals surface area contributed by atoms with Crippen LogP contribution >= 0.6 is 0 Å². The summed E-state index contributed by atoms with van der Waals surface area (Å²) in [5.74, 6) is -0.980. The Balaban J connectivity index is 2.66. The molecule has 1 N–H and O–H groups in total. The highest BCUT2D eigenvalue weighted by Crippen LogP contribution is 2.21. The van der Waals surface area contributed by atoms with E-state index in [9.17, 15) is 5.11 Å². The lowest BCUT2D eigenvalue weighted by Crippen LogP contribution is -2.39. The van der Waals surface area contributed by atoms with Crippen molar-refractivity contribution in [3.8, 4) is 5.75 Å². The van der Waals surface area contributed by atoms with Gasteiger partial charge in [-0.2, -0.15) is 0 Å². The second kappa shape index (κ2) is 6.30. The topological polar surface area (TPSA) is 38.7 Å². The van der Waals surface area contributed by atoms with Crippen molar-refractivity contribution in [3.05, 3.63) is 43.0 Å². The van der Waals surface area contributed by atoms with Crippen LogP contribution < -0.4 is 4.74 Å². The van der Waals surface area contributed by atoms with Crippen LogP contribution in [-0.4, -0.2) is 17.7 Å². The fourth-order valence-corrected chi connectivity index (χ4v) is 1.34. The van der Waals surface area contributed by atoms with E-state index in [-0.39, 0.29) is 0 Å². The van der Waals surface area contributed by atoms with Crippen LogP contribution in [0.3, 0.4) is 0 Å². The molecule has 1 aromatic rings. The Morgan fingerprint density at radius 3 is 2.62 bits per heavy atom. The second-order valence-corrected chi connectivity index (χ2v) is 3.39. The molecule has 0 spiro atoms. The molecule has 0 bridgehead atoms. The molecule has 0 fully saturated rings. The Kier molecular flexibility index (Phi) is 5.02. The van der Waals surface area contributed by atoms with Crippen molar-refractivity contribution in [2.45, 2.75) is 25.7 Å². The number of ether oxygens (including phenoxy) is 2. The van der Waals surface area contributed by atoms with Crippen LogP contribution in [0.25, 0.3) is 0 Å². The van der Waals surface area contributed by atoms with E-state index in [1.165, 1.54) is 0 Å². The van der Waals surface area contributed by atoms with Gasteiger partial charge in [0.1, 0.15) is 5.75 Å². The van der Waals surface area contributed by atoms with Gasteiger partial charge in [0, 0.05) is 6.42 Å². The van der Waals surface area contributed by atoms with Gasteiger partial charge in [0.05, 0.1) is 6.61 Å². The van der Waals surface area contributed by atoms with Gasteiger partial charge in [0.15, 0.2) is 0 Å². The molecular weight excluding hydrogens is 204 g/mol. The van der Waals surface area contributed by atoms with E-state index in [1.807, 2.05) is 25.1 Å².